The highest BCUT2D eigenvalue weighted by Crippen LogP contribution is 2.60. The average molecular weight is 415 g/mol. The lowest BCUT2D eigenvalue weighted by Gasteiger charge is -2.57. The summed E-state index contributed by atoms with van der Waals surface area (Å²) in [6.45, 7) is 4.54. The fraction of sp³-hybridized carbons (Fsp3) is 0.621. The molecule has 5 fully saturated rings. The van der Waals surface area contributed by atoms with Gasteiger partial charge in [0.1, 0.15) is 0 Å². The third kappa shape index (κ3) is 3.51. The molecular formula is C29H38N2. The van der Waals surface area contributed by atoms with Crippen LogP contribution >= 0.6 is 0 Å². The highest BCUT2D eigenvalue weighted by Gasteiger charge is 2.51. The van der Waals surface area contributed by atoms with E-state index in [9.17, 15) is 0 Å². The third-order valence-electron chi connectivity index (χ3n) is 9.33. The smallest absolute Gasteiger partial charge is 0.0630 e. The summed E-state index contributed by atoms with van der Waals surface area (Å²) in [5.41, 5.74) is 7.24. The summed E-state index contributed by atoms with van der Waals surface area (Å²) < 4.78 is 2.58. The molecular weight excluding hydrogens is 376 g/mol. The summed E-state index contributed by atoms with van der Waals surface area (Å²) in [5, 5.41) is 0. The maximum atomic E-state index is 4.89. The molecule has 4 bridgehead atoms. The van der Waals surface area contributed by atoms with Gasteiger partial charge in [0.05, 0.1) is 5.69 Å². The minimum Gasteiger partial charge on any atom is -0.345 e. The molecule has 5 aliphatic rings. The van der Waals surface area contributed by atoms with Gasteiger partial charge < -0.3 is 4.57 Å². The minimum atomic E-state index is 0.488. The molecule has 31 heavy (non-hydrogen) atoms. The van der Waals surface area contributed by atoms with Crippen LogP contribution in [0.1, 0.15) is 99.2 Å². The topological polar surface area (TPSA) is 17.3 Å². The van der Waals surface area contributed by atoms with Gasteiger partial charge >= 0.3 is 0 Å². The van der Waals surface area contributed by atoms with E-state index < -0.39 is 0 Å². The Hall–Kier alpha value is -1.83. The van der Waals surface area contributed by atoms with Crippen molar-refractivity contribution in [3.8, 4) is 0 Å². The third-order valence-corrected chi connectivity index (χ3v) is 9.33. The number of aliphatic imine (C=N–C) groups is 1. The number of hydrogen-bond donors (Lipinski definition) is 0. The molecule has 7 rings (SSSR count). The summed E-state index contributed by atoms with van der Waals surface area (Å²) in [6, 6.07) is 12.4. The van der Waals surface area contributed by atoms with Crippen LogP contribution in [-0.2, 0) is 5.41 Å². The molecule has 5 aliphatic carbocycles. The van der Waals surface area contributed by atoms with Crippen LogP contribution in [0.25, 0.3) is 0 Å². The molecule has 0 unspecified atom stereocenters. The number of rotatable bonds is 4. The van der Waals surface area contributed by atoms with E-state index in [1.165, 1.54) is 87.6 Å². The SMILES string of the molecule is Cc1cc(C=Nc2ccc(C34CC5CC(CC(C5)C3)C4)cc2)c(C)n1C1CCCCC1. The van der Waals surface area contributed by atoms with Gasteiger partial charge in [-0.3, -0.25) is 4.99 Å². The molecule has 0 N–H and O–H groups in total. The lowest BCUT2D eigenvalue weighted by Crippen LogP contribution is -2.48. The van der Waals surface area contributed by atoms with E-state index in [0.717, 1.165) is 23.4 Å². The van der Waals surface area contributed by atoms with Crippen LogP contribution in [-0.4, -0.2) is 10.8 Å². The largest absolute Gasteiger partial charge is 0.345 e. The molecule has 0 atom stereocenters. The quantitative estimate of drug-likeness (QED) is 0.454. The molecule has 0 amide bonds. The normalized spacial score (nSPS) is 32.9. The number of hydrogen-bond acceptors (Lipinski definition) is 1. The van der Waals surface area contributed by atoms with Crippen molar-refractivity contribution in [3.63, 3.8) is 0 Å². The zero-order chi connectivity index (χ0) is 21.0. The van der Waals surface area contributed by atoms with Gasteiger partial charge in [0.2, 0.25) is 0 Å². The van der Waals surface area contributed by atoms with Crippen molar-refractivity contribution in [2.75, 3.05) is 0 Å². The molecule has 0 saturated heterocycles. The van der Waals surface area contributed by atoms with E-state index in [-0.39, 0.29) is 0 Å². The summed E-state index contributed by atoms with van der Waals surface area (Å²) in [6.07, 6.45) is 17.8. The van der Waals surface area contributed by atoms with E-state index in [4.69, 9.17) is 4.99 Å². The van der Waals surface area contributed by atoms with Crippen LogP contribution < -0.4 is 0 Å². The maximum Gasteiger partial charge on any atom is 0.0630 e. The Balaban J connectivity index is 1.20. The van der Waals surface area contributed by atoms with Crippen molar-refractivity contribution in [2.45, 2.75) is 95.9 Å². The monoisotopic (exact) mass is 414 g/mol. The van der Waals surface area contributed by atoms with Gasteiger partial charge in [0.25, 0.3) is 0 Å². The van der Waals surface area contributed by atoms with Gasteiger partial charge in [-0.25, -0.2) is 0 Å². The van der Waals surface area contributed by atoms with E-state index >= 15 is 0 Å². The Kier molecular flexibility index (Phi) is 4.89. The van der Waals surface area contributed by atoms with Crippen LogP contribution in [0.15, 0.2) is 35.3 Å². The van der Waals surface area contributed by atoms with Gasteiger partial charge in [0.15, 0.2) is 0 Å². The van der Waals surface area contributed by atoms with Crippen molar-refractivity contribution in [2.24, 2.45) is 22.7 Å². The highest BCUT2D eigenvalue weighted by atomic mass is 15.0. The number of nitrogens with zero attached hydrogens (tertiary/aromatic N) is 2. The van der Waals surface area contributed by atoms with Gasteiger partial charge in [-0.05, 0) is 112 Å². The zero-order valence-corrected chi connectivity index (χ0v) is 19.4. The van der Waals surface area contributed by atoms with Crippen LogP contribution in [0.4, 0.5) is 5.69 Å². The summed E-state index contributed by atoms with van der Waals surface area (Å²) in [7, 11) is 0. The molecule has 0 radical (unpaired) electrons. The highest BCUT2D eigenvalue weighted by molar-refractivity contribution is 5.84. The van der Waals surface area contributed by atoms with Crippen molar-refractivity contribution >= 4 is 11.9 Å². The standard InChI is InChI=1S/C29H38N2/c1-20-12-25(21(2)31(20)28-6-4-3-5-7-28)19-30-27-10-8-26(9-11-27)29-16-22-13-23(17-29)15-24(14-22)18-29/h8-12,19,22-24,28H,3-7,13-18H2,1-2H3. The van der Waals surface area contributed by atoms with Crippen molar-refractivity contribution in [1.29, 1.82) is 0 Å². The summed E-state index contributed by atoms with van der Waals surface area (Å²) >= 11 is 0. The first kappa shape index (κ1) is 19.8. The van der Waals surface area contributed by atoms with Crippen LogP contribution in [0.5, 0.6) is 0 Å². The minimum absolute atomic E-state index is 0.488. The Morgan fingerprint density at radius 1 is 0.871 bits per heavy atom. The van der Waals surface area contributed by atoms with Gasteiger partial charge in [-0.1, -0.05) is 31.4 Å². The summed E-state index contributed by atoms with van der Waals surface area (Å²) in [5.74, 6) is 3.01. The Morgan fingerprint density at radius 3 is 2.10 bits per heavy atom. The Labute approximate surface area is 188 Å². The van der Waals surface area contributed by atoms with Gasteiger partial charge in [0, 0.05) is 29.2 Å². The zero-order valence-electron chi connectivity index (χ0n) is 19.4. The molecule has 2 heteroatoms. The number of aromatic nitrogens is 1. The second-order valence-corrected chi connectivity index (χ2v) is 11.5. The lowest BCUT2D eigenvalue weighted by atomic mass is 9.48. The first-order valence-electron chi connectivity index (χ1n) is 12.9. The van der Waals surface area contributed by atoms with Crippen molar-refractivity contribution in [3.05, 3.63) is 52.8 Å². The van der Waals surface area contributed by atoms with Crippen LogP contribution in [0, 0.1) is 31.6 Å². The molecule has 164 valence electrons. The maximum absolute atomic E-state index is 4.89. The fourth-order valence-electron chi connectivity index (χ4n) is 8.34. The second-order valence-electron chi connectivity index (χ2n) is 11.5. The first-order valence-corrected chi connectivity index (χ1v) is 12.9. The van der Waals surface area contributed by atoms with Crippen LogP contribution in [0.3, 0.4) is 0 Å². The Morgan fingerprint density at radius 2 is 1.48 bits per heavy atom. The van der Waals surface area contributed by atoms with Gasteiger partial charge in [-0.2, -0.15) is 0 Å². The average Bonchev–Trinajstić information content (AvgIpc) is 3.05. The molecule has 2 aromatic rings. The fourth-order valence-corrected chi connectivity index (χ4v) is 8.34. The van der Waals surface area contributed by atoms with Gasteiger partial charge in [-0.15, -0.1) is 0 Å². The lowest BCUT2D eigenvalue weighted by molar-refractivity contribution is -0.00518. The van der Waals surface area contributed by atoms with Crippen molar-refractivity contribution in [1.82, 2.24) is 4.57 Å². The first-order chi connectivity index (χ1) is 15.1. The van der Waals surface area contributed by atoms with E-state index in [2.05, 4.69) is 55.0 Å². The Bertz CT molecular complexity index is 936. The second kappa shape index (κ2) is 7.64. The molecule has 1 aromatic heterocycles. The summed E-state index contributed by atoms with van der Waals surface area (Å²) in [4.78, 5) is 4.89. The molecule has 2 nitrogen and oxygen atoms in total. The predicted octanol–water partition coefficient (Wildman–Crippen LogP) is 7.83. The predicted molar refractivity (Wildman–Crippen MR) is 130 cm³/mol. The molecule has 0 spiro atoms. The van der Waals surface area contributed by atoms with E-state index in [1.807, 2.05) is 0 Å². The molecule has 1 aromatic carbocycles. The molecule has 5 saturated carbocycles. The van der Waals surface area contributed by atoms with E-state index in [1.54, 1.807) is 5.56 Å². The number of aryl methyl sites for hydroxylation is 1. The van der Waals surface area contributed by atoms with E-state index in [0.29, 0.717) is 11.5 Å². The number of benzene rings is 1. The molecule has 0 aliphatic heterocycles. The molecule has 1 heterocycles. The van der Waals surface area contributed by atoms with Crippen LogP contribution in [0.2, 0.25) is 0 Å². The van der Waals surface area contributed by atoms with Crippen molar-refractivity contribution < 1.29 is 0 Å².